The smallest absolute Gasteiger partial charge is 0.410 e. The molecule has 364 valence electrons. The zero-order valence-electron chi connectivity index (χ0n) is 38.9. The monoisotopic (exact) mass is 950 g/mol. The van der Waals surface area contributed by atoms with E-state index in [9.17, 15) is 19.8 Å². The van der Waals surface area contributed by atoms with Gasteiger partial charge >= 0.3 is 12.2 Å². The third-order valence-corrected chi connectivity index (χ3v) is 13.1. The molecule has 17 heteroatoms. The Hall–Kier alpha value is -5.81. The van der Waals surface area contributed by atoms with Crippen molar-refractivity contribution in [2.24, 2.45) is 0 Å². The van der Waals surface area contributed by atoms with Crippen LogP contribution in [0, 0.1) is 0 Å². The van der Waals surface area contributed by atoms with E-state index in [0.29, 0.717) is 50.5 Å². The van der Waals surface area contributed by atoms with Gasteiger partial charge in [0.25, 0.3) is 0 Å². The third kappa shape index (κ3) is 12.1. The number of cyclic esters (lactones) is 2. The third-order valence-electron chi connectivity index (χ3n) is 12.9. The van der Waals surface area contributed by atoms with E-state index in [4.69, 9.17) is 21.1 Å². The summed E-state index contributed by atoms with van der Waals surface area (Å²) in [6.45, 7) is 11.8. The summed E-state index contributed by atoms with van der Waals surface area (Å²) in [5.41, 5.74) is 0.0675. The number of amides is 2. The predicted molar refractivity (Wildman–Crippen MR) is 263 cm³/mol. The van der Waals surface area contributed by atoms with E-state index in [2.05, 4.69) is 30.4 Å². The second kappa shape index (κ2) is 21.2. The van der Waals surface area contributed by atoms with Crippen LogP contribution in [0.1, 0.15) is 97.6 Å². The summed E-state index contributed by atoms with van der Waals surface area (Å²) < 4.78 is 15.6. The fourth-order valence-corrected chi connectivity index (χ4v) is 10.2. The number of imidazole rings is 2. The molecule has 10 rings (SSSR count). The predicted octanol–water partition coefficient (Wildman–Crippen LogP) is 8.25. The van der Waals surface area contributed by atoms with Crippen molar-refractivity contribution in [2.75, 3.05) is 44.2 Å². The number of hydrogen-bond acceptors (Lipinski definition) is 12. The topological polar surface area (TPSA) is 175 Å². The number of carbonyl (C=O) groups excluding carboxylic acids is 2. The number of benzene rings is 2. The van der Waals surface area contributed by atoms with Crippen LogP contribution >= 0.6 is 11.6 Å². The van der Waals surface area contributed by atoms with E-state index in [1.807, 2.05) is 94.9 Å². The molecular formula is C51H67ClN10O6. The van der Waals surface area contributed by atoms with Gasteiger partial charge in [-0.2, -0.15) is 5.10 Å². The Labute approximate surface area is 404 Å². The van der Waals surface area contributed by atoms with Crippen LogP contribution in [0.4, 0.5) is 15.4 Å². The molecule has 4 saturated heterocycles. The summed E-state index contributed by atoms with van der Waals surface area (Å²) in [6, 6.07) is 27.4. The number of aliphatic hydroxyl groups is 2. The van der Waals surface area contributed by atoms with Gasteiger partial charge in [0, 0.05) is 89.2 Å². The summed E-state index contributed by atoms with van der Waals surface area (Å²) in [5.74, 6) is 0.885. The molecule has 16 nitrogen and oxygen atoms in total. The second-order valence-electron chi connectivity index (χ2n) is 19.4. The summed E-state index contributed by atoms with van der Waals surface area (Å²) in [4.78, 5) is 40.3. The number of rotatable bonds is 9. The molecular weight excluding hydrogens is 884 g/mol. The molecule has 0 bridgehead atoms. The van der Waals surface area contributed by atoms with E-state index < -0.39 is 22.4 Å². The lowest BCUT2D eigenvalue weighted by molar-refractivity contribution is -0.103. The number of nitrogens with one attached hydrogen (secondary N) is 1. The Morgan fingerprint density at radius 1 is 0.691 bits per heavy atom. The number of aromatic nitrogens is 6. The summed E-state index contributed by atoms with van der Waals surface area (Å²) in [6.07, 6.45) is 12.5. The Kier molecular flexibility index (Phi) is 15.6. The van der Waals surface area contributed by atoms with Gasteiger partial charge in [0.1, 0.15) is 22.2 Å². The van der Waals surface area contributed by atoms with Gasteiger partial charge in [-0.05, 0) is 95.3 Å². The first kappa shape index (κ1) is 50.1. The molecule has 4 aromatic heterocycles. The van der Waals surface area contributed by atoms with Crippen molar-refractivity contribution < 1.29 is 29.3 Å². The first-order chi connectivity index (χ1) is 32.1. The zero-order valence-corrected chi connectivity index (χ0v) is 39.6. The average Bonchev–Trinajstić information content (AvgIpc) is 3.99. The van der Waals surface area contributed by atoms with Gasteiger partial charge in [0.15, 0.2) is 11.3 Å². The zero-order chi connectivity index (χ0) is 47.2. The molecule has 2 aromatic carbocycles. The number of nitrogens with zero attached hydrogens (tertiary/aromatic N) is 9. The number of carbonyl (C=O) groups is 2. The molecule has 0 radical (unpaired) electrons. The molecule has 0 spiro atoms. The molecule has 4 aliphatic heterocycles. The van der Waals surface area contributed by atoms with Gasteiger partial charge < -0.3 is 39.7 Å². The summed E-state index contributed by atoms with van der Waals surface area (Å²) in [5, 5.41) is 33.4. The standard InChI is InChI=1S/C25H31N5O3.C19H28N2O3.C6H4ClN3.CH4/c1-24(2,32)18-25(19-7-4-3-5-8-19)12-15-29(23(31)33-25)20-9-6-14-28(17-20)22-11-10-21-26-13-16-30(21)27-22;1-18(2,23)14-19(15-7-4-3-5-8-15)10-12-21(17(22)24-19)16-9-6-11-20-13-16;7-5-1-2-6-8-3-4-10(6)9-5;/h3-5,7-8,10-11,13,16,20,32H,6,9,12,14-15,17-18H2,1-2H3;3-5,7-8,16,20,23H,6,9-14H2,1-2H3;1-4H;1H4/t20-,25-;16-,19-;;/m00../s1. The minimum atomic E-state index is -0.961. The number of ether oxygens (including phenoxy) is 2. The molecule has 6 aromatic rings. The highest BCUT2D eigenvalue weighted by Crippen LogP contribution is 2.43. The van der Waals surface area contributed by atoms with Crippen molar-refractivity contribution >= 4 is 40.9 Å². The Morgan fingerprint density at radius 2 is 1.21 bits per heavy atom. The van der Waals surface area contributed by atoms with Gasteiger partial charge in [0.2, 0.25) is 0 Å². The average molecular weight is 952 g/mol. The van der Waals surface area contributed by atoms with Crippen LogP contribution in [-0.2, 0) is 20.7 Å². The van der Waals surface area contributed by atoms with Crippen molar-refractivity contribution in [3.05, 3.63) is 126 Å². The van der Waals surface area contributed by atoms with Crippen molar-refractivity contribution in [1.82, 2.24) is 44.3 Å². The normalized spacial score (nSPS) is 23.4. The molecule has 0 unspecified atom stereocenters. The Balaban J connectivity index is 0.000000170. The minimum Gasteiger partial charge on any atom is -0.438 e. The van der Waals surface area contributed by atoms with Crippen LogP contribution in [0.15, 0.2) is 110 Å². The van der Waals surface area contributed by atoms with Crippen LogP contribution in [0.25, 0.3) is 11.3 Å². The summed E-state index contributed by atoms with van der Waals surface area (Å²) >= 11 is 5.62. The molecule has 3 N–H and O–H groups in total. The molecule has 4 fully saturated rings. The number of halogens is 1. The maximum Gasteiger partial charge on any atom is 0.410 e. The van der Waals surface area contributed by atoms with Crippen LogP contribution < -0.4 is 10.2 Å². The summed E-state index contributed by atoms with van der Waals surface area (Å²) in [7, 11) is 0. The highest BCUT2D eigenvalue weighted by molar-refractivity contribution is 6.29. The fraction of sp³-hybridized carbons (Fsp3) is 0.490. The quantitative estimate of drug-likeness (QED) is 0.127. The highest BCUT2D eigenvalue weighted by Gasteiger charge is 2.48. The van der Waals surface area contributed by atoms with Crippen LogP contribution in [-0.4, -0.2) is 124 Å². The lowest BCUT2D eigenvalue weighted by atomic mass is 9.80. The van der Waals surface area contributed by atoms with Gasteiger partial charge in [-0.15, -0.1) is 5.10 Å². The largest absolute Gasteiger partial charge is 0.438 e. The molecule has 0 saturated carbocycles. The first-order valence-electron chi connectivity index (χ1n) is 23.4. The molecule has 68 heavy (non-hydrogen) atoms. The fourth-order valence-electron chi connectivity index (χ4n) is 10.0. The number of piperidine rings is 2. The van der Waals surface area contributed by atoms with Crippen LogP contribution in [0.2, 0.25) is 5.15 Å². The molecule has 0 aliphatic carbocycles. The maximum atomic E-state index is 13.3. The number of hydrogen-bond donors (Lipinski definition) is 3. The number of anilines is 1. The van der Waals surface area contributed by atoms with Crippen molar-refractivity contribution in [3.63, 3.8) is 0 Å². The Bertz CT molecular complexity index is 2580. The number of fused-ring (bicyclic) bond motifs is 2. The van der Waals surface area contributed by atoms with E-state index >= 15 is 0 Å². The van der Waals surface area contributed by atoms with Crippen LogP contribution in [0.5, 0.6) is 0 Å². The van der Waals surface area contributed by atoms with Crippen molar-refractivity contribution in [1.29, 1.82) is 0 Å². The van der Waals surface area contributed by atoms with Gasteiger partial charge in [-0.3, -0.25) is 0 Å². The van der Waals surface area contributed by atoms with Gasteiger partial charge in [-0.25, -0.2) is 28.6 Å². The van der Waals surface area contributed by atoms with Gasteiger partial charge in [-0.1, -0.05) is 79.7 Å². The lowest BCUT2D eigenvalue weighted by Crippen LogP contribution is -2.57. The highest BCUT2D eigenvalue weighted by atomic mass is 35.5. The van der Waals surface area contributed by atoms with Gasteiger partial charge in [0.05, 0.1) is 17.2 Å². The SMILES string of the molecule is C.CC(C)(O)C[C@]1(c2ccccc2)CCN([C@H]2CCCN(c3ccc4nccn4n3)C2)C(=O)O1.CC(C)(O)C[C@]1(c2ccccc2)CCN([C@H]2CCCNC2)C(=O)O1.Clc1ccc2nccn2n1. The van der Waals surface area contributed by atoms with E-state index in [1.165, 1.54) is 0 Å². The molecule has 8 heterocycles. The van der Waals surface area contributed by atoms with Crippen molar-refractivity contribution in [2.45, 2.75) is 121 Å². The van der Waals surface area contributed by atoms with Crippen LogP contribution in [0.3, 0.4) is 0 Å². The maximum absolute atomic E-state index is 13.3. The van der Waals surface area contributed by atoms with E-state index in [0.717, 1.165) is 73.6 Å². The second-order valence-corrected chi connectivity index (χ2v) is 19.8. The lowest BCUT2D eigenvalue weighted by Gasteiger charge is -2.47. The molecule has 2 amide bonds. The first-order valence-corrected chi connectivity index (χ1v) is 23.7. The minimum absolute atomic E-state index is 0. The Morgan fingerprint density at radius 3 is 1.72 bits per heavy atom. The van der Waals surface area contributed by atoms with E-state index in [1.54, 1.807) is 61.4 Å². The van der Waals surface area contributed by atoms with E-state index in [-0.39, 0.29) is 31.7 Å². The van der Waals surface area contributed by atoms with Crippen molar-refractivity contribution in [3.8, 4) is 0 Å². The molecule has 4 aliphatic rings. The molecule has 4 atom stereocenters.